The largest absolute Gasteiger partial charge is 0.496 e. The van der Waals surface area contributed by atoms with Crippen molar-refractivity contribution in [2.45, 2.75) is 18.6 Å². The summed E-state index contributed by atoms with van der Waals surface area (Å²) in [6.07, 6.45) is 0.771. The van der Waals surface area contributed by atoms with Gasteiger partial charge >= 0.3 is 5.97 Å². The van der Waals surface area contributed by atoms with E-state index >= 15 is 0 Å². The summed E-state index contributed by atoms with van der Waals surface area (Å²) in [4.78, 5) is 44.3. The van der Waals surface area contributed by atoms with Crippen LogP contribution in [0.1, 0.15) is 44.0 Å². The zero-order valence-corrected chi connectivity index (χ0v) is 20.1. The summed E-state index contributed by atoms with van der Waals surface area (Å²) >= 11 is 0. The van der Waals surface area contributed by atoms with Gasteiger partial charge in [0.1, 0.15) is 28.5 Å². The smallest absolute Gasteiger partial charge is 0.337 e. The van der Waals surface area contributed by atoms with Crippen LogP contribution in [-0.4, -0.2) is 67.8 Å². The maximum atomic E-state index is 13.4. The number of nitrogens with zero attached hydrogens (tertiary/aromatic N) is 2. The van der Waals surface area contributed by atoms with Gasteiger partial charge in [-0.1, -0.05) is 6.07 Å². The second-order valence-corrected chi connectivity index (χ2v) is 8.61. The molecule has 2 aliphatic rings. The van der Waals surface area contributed by atoms with E-state index in [2.05, 4.69) is 10.3 Å². The summed E-state index contributed by atoms with van der Waals surface area (Å²) in [7, 11) is 4.37. The highest BCUT2D eigenvalue weighted by atomic mass is 16.5. The zero-order chi connectivity index (χ0) is 25.4. The van der Waals surface area contributed by atoms with E-state index in [-0.39, 0.29) is 28.6 Å². The number of benzene rings is 2. The first-order valence-corrected chi connectivity index (χ1v) is 11.4. The molecule has 0 aliphatic carbocycles. The van der Waals surface area contributed by atoms with Gasteiger partial charge in [-0.3, -0.25) is 9.59 Å². The second kappa shape index (κ2) is 9.03. The van der Waals surface area contributed by atoms with Gasteiger partial charge in [0.05, 0.1) is 32.5 Å². The van der Waals surface area contributed by atoms with E-state index in [0.717, 1.165) is 5.39 Å². The number of amides is 2. The number of methoxy groups -OCH3 is 3. The Balaban J connectivity index is 1.35. The Morgan fingerprint density at radius 3 is 2.47 bits per heavy atom. The maximum absolute atomic E-state index is 13.4. The zero-order valence-electron chi connectivity index (χ0n) is 20.1. The number of para-hydroxylation sites is 1. The predicted octanol–water partition coefficient (Wildman–Crippen LogP) is 2.79. The van der Waals surface area contributed by atoms with E-state index in [1.807, 2.05) is 12.1 Å². The van der Waals surface area contributed by atoms with E-state index < -0.39 is 11.7 Å². The van der Waals surface area contributed by atoms with Crippen LogP contribution in [0.15, 0.2) is 42.5 Å². The molecular formula is C26H25N3O7. The first-order valence-electron chi connectivity index (χ1n) is 11.4. The molecule has 1 spiro atoms. The minimum absolute atomic E-state index is 0.245. The van der Waals surface area contributed by atoms with Gasteiger partial charge in [0.2, 0.25) is 0 Å². The summed E-state index contributed by atoms with van der Waals surface area (Å²) in [5.41, 5.74) is 0.381. The standard InChI is InChI=1S/C26H25N3O7/c1-33-20-6-4-5-16-21(34-2)14-18(27-22(16)20)24(31)29-11-9-26(10-12-29)28-23(30)17-13-15(25(32)35-3)7-8-19(17)36-26/h4-8,13-14H,9-12H2,1-3H3,(H,28,30). The van der Waals surface area contributed by atoms with Gasteiger partial charge in [-0.2, -0.15) is 0 Å². The van der Waals surface area contributed by atoms with Crippen molar-refractivity contribution in [3.63, 3.8) is 0 Å². The lowest BCUT2D eigenvalue weighted by atomic mass is 9.96. The lowest BCUT2D eigenvalue weighted by Gasteiger charge is -2.44. The van der Waals surface area contributed by atoms with Gasteiger partial charge < -0.3 is 29.2 Å². The normalized spacial score (nSPS) is 16.1. The fraction of sp³-hybridized carbons (Fsp3) is 0.308. The first kappa shape index (κ1) is 23.4. The summed E-state index contributed by atoms with van der Waals surface area (Å²) in [6.45, 7) is 0.700. The summed E-state index contributed by atoms with van der Waals surface area (Å²) in [5, 5.41) is 3.67. The number of aromatic nitrogens is 1. The fourth-order valence-corrected chi connectivity index (χ4v) is 4.65. The molecule has 0 radical (unpaired) electrons. The second-order valence-electron chi connectivity index (χ2n) is 8.61. The number of fused-ring (bicyclic) bond motifs is 2. The highest BCUT2D eigenvalue weighted by Gasteiger charge is 2.43. The van der Waals surface area contributed by atoms with E-state index in [1.54, 1.807) is 43.4 Å². The number of rotatable bonds is 4. The van der Waals surface area contributed by atoms with Crippen molar-refractivity contribution in [3.8, 4) is 17.2 Å². The minimum Gasteiger partial charge on any atom is -0.496 e. The van der Waals surface area contributed by atoms with E-state index in [4.69, 9.17) is 18.9 Å². The number of nitrogens with one attached hydrogen (secondary N) is 1. The van der Waals surface area contributed by atoms with Gasteiger partial charge in [-0.15, -0.1) is 0 Å². The van der Waals surface area contributed by atoms with Crippen LogP contribution in [-0.2, 0) is 4.74 Å². The molecule has 3 heterocycles. The van der Waals surface area contributed by atoms with E-state index in [9.17, 15) is 14.4 Å². The lowest BCUT2D eigenvalue weighted by molar-refractivity contribution is -0.0246. The maximum Gasteiger partial charge on any atom is 0.337 e. The van der Waals surface area contributed by atoms with Crippen molar-refractivity contribution < 1.29 is 33.3 Å². The fourth-order valence-electron chi connectivity index (χ4n) is 4.65. The SMILES string of the molecule is COC(=O)c1ccc2c(c1)C(=O)NC1(CCN(C(=O)c3cc(OC)c4cccc(OC)c4n3)CC1)O2. The quantitative estimate of drug-likeness (QED) is 0.554. The number of likely N-dealkylation sites (tertiary alicyclic amines) is 1. The summed E-state index contributed by atoms with van der Waals surface area (Å²) < 4.78 is 21.8. The van der Waals surface area contributed by atoms with Crippen molar-refractivity contribution in [1.29, 1.82) is 0 Å². The number of carbonyl (C=O) groups is 3. The van der Waals surface area contributed by atoms with Gasteiger partial charge in [0.25, 0.3) is 11.8 Å². The minimum atomic E-state index is -0.939. The number of piperidine rings is 1. The molecule has 0 atom stereocenters. The van der Waals surface area contributed by atoms with Crippen molar-refractivity contribution in [1.82, 2.24) is 15.2 Å². The molecule has 2 amide bonds. The van der Waals surface area contributed by atoms with Crippen LogP contribution in [0.2, 0.25) is 0 Å². The highest BCUT2D eigenvalue weighted by molar-refractivity contribution is 6.01. The third kappa shape index (κ3) is 3.94. The van der Waals surface area contributed by atoms with Crippen molar-refractivity contribution >= 4 is 28.7 Å². The van der Waals surface area contributed by atoms with Crippen molar-refractivity contribution in [2.24, 2.45) is 0 Å². The van der Waals surface area contributed by atoms with Crippen molar-refractivity contribution in [3.05, 3.63) is 59.3 Å². The van der Waals surface area contributed by atoms with Crippen LogP contribution < -0.4 is 19.5 Å². The highest BCUT2D eigenvalue weighted by Crippen LogP contribution is 2.35. The molecule has 1 saturated heterocycles. The molecular weight excluding hydrogens is 466 g/mol. The molecule has 0 bridgehead atoms. The van der Waals surface area contributed by atoms with Gasteiger partial charge in [0.15, 0.2) is 5.72 Å². The Bertz CT molecular complexity index is 1380. The van der Waals surface area contributed by atoms with Gasteiger partial charge in [-0.25, -0.2) is 9.78 Å². The van der Waals surface area contributed by atoms with Crippen LogP contribution in [0.4, 0.5) is 0 Å². The molecule has 0 unspecified atom stereocenters. The monoisotopic (exact) mass is 491 g/mol. The average molecular weight is 492 g/mol. The van der Waals surface area contributed by atoms with Crippen LogP contribution >= 0.6 is 0 Å². The van der Waals surface area contributed by atoms with E-state index in [0.29, 0.717) is 48.7 Å². The van der Waals surface area contributed by atoms with Crippen LogP contribution in [0.5, 0.6) is 17.2 Å². The number of esters is 1. The summed E-state index contributed by atoms with van der Waals surface area (Å²) in [5.74, 6) is 0.344. The molecule has 2 aliphatic heterocycles. The summed E-state index contributed by atoms with van der Waals surface area (Å²) in [6, 6.07) is 11.7. The molecule has 5 rings (SSSR count). The molecule has 10 nitrogen and oxygen atoms in total. The van der Waals surface area contributed by atoms with Crippen LogP contribution in [0, 0.1) is 0 Å². The Labute approximate surface area is 207 Å². The van der Waals surface area contributed by atoms with Gasteiger partial charge in [-0.05, 0) is 30.3 Å². The Morgan fingerprint density at radius 1 is 1.03 bits per heavy atom. The number of ether oxygens (including phenoxy) is 4. The molecule has 1 fully saturated rings. The lowest BCUT2D eigenvalue weighted by Crippen LogP contribution is -2.61. The molecule has 0 saturated carbocycles. The molecule has 36 heavy (non-hydrogen) atoms. The Kier molecular flexibility index (Phi) is 5.87. The Hall–Kier alpha value is -4.34. The number of carbonyl (C=O) groups excluding carboxylic acids is 3. The topological polar surface area (TPSA) is 116 Å². The van der Waals surface area contributed by atoms with Crippen molar-refractivity contribution in [2.75, 3.05) is 34.4 Å². The van der Waals surface area contributed by atoms with Crippen LogP contribution in [0.25, 0.3) is 10.9 Å². The third-order valence-corrected chi connectivity index (χ3v) is 6.57. The number of hydrogen-bond donors (Lipinski definition) is 1. The number of hydrogen-bond acceptors (Lipinski definition) is 8. The third-order valence-electron chi connectivity index (χ3n) is 6.57. The number of pyridine rings is 1. The van der Waals surface area contributed by atoms with Crippen LogP contribution in [0.3, 0.4) is 0 Å². The molecule has 186 valence electrons. The molecule has 2 aromatic carbocycles. The van der Waals surface area contributed by atoms with Gasteiger partial charge in [0, 0.05) is 37.4 Å². The Morgan fingerprint density at radius 2 is 1.78 bits per heavy atom. The van der Waals surface area contributed by atoms with E-state index in [1.165, 1.54) is 13.2 Å². The molecule has 3 aromatic rings. The average Bonchev–Trinajstić information content (AvgIpc) is 2.91. The molecule has 1 aromatic heterocycles. The molecule has 10 heteroatoms. The molecule has 1 N–H and O–H groups in total. The predicted molar refractivity (Wildman–Crippen MR) is 129 cm³/mol. The first-order chi connectivity index (χ1) is 17.4.